The molecule has 1 atom stereocenters. The highest BCUT2D eigenvalue weighted by molar-refractivity contribution is 5.76. The molecular formula is C11H18O2. The van der Waals surface area contributed by atoms with Gasteiger partial charge in [0.25, 0.3) is 0 Å². The van der Waals surface area contributed by atoms with E-state index in [1.54, 1.807) is 0 Å². The molecule has 0 N–H and O–H groups in total. The summed E-state index contributed by atoms with van der Waals surface area (Å²) in [6.07, 6.45) is 7.54. The predicted octanol–water partition coefficient (Wildman–Crippen LogP) is 2.54. The van der Waals surface area contributed by atoms with E-state index in [9.17, 15) is 4.79 Å². The van der Waals surface area contributed by atoms with Crippen LogP contribution in [0, 0.1) is 11.3 Å². The molecule has 0 saturated carbocycles. The van der Waals surface area contributed by atoms with Gasteiger partial charge in [-0.2, -0.15) is 0 Å². The summed E-state index contributed by atoms with van der Waals surface area (Å²) in [5.74, 6) is 0.345. The van der Waals surface area contributed by atoms with Crippen LogP contribution in [0.2, 0.25) is 0 Å². The van der Waals surface area contributed by atoms with Crippen molar-refractivity contribution in [3.8, 4) is 0 Å². The van der Waals surface area contributed by atoms with Crippen molar-refractivity contribution in [2.24, 2.45) is 11.3 Å². The van der Waals surface area contributed by atoms with Crippen LogP contribution in [-0.2, 0) is 9.53 Å². The highest BCUT2D eigenvalue weighted by Gasteiger charge is 2.37. The maximum atomic E-state index is 11.5. The molecule has 1 rings (SSSR count). The van der Waals surface area contributed by atoms with E-state index in [2.05, 4.69) is 12.2 Å². The third-order valence-electron chi connectivity index (χ3n) is 3.00. The van der Waals surface area contributed by atoms with Crippen molar-refractivity contribution in [1.82, 2.24) is 0 Å². The molecule has 0 heterocycles. The van der Waals surface area contributed by atoms with Gasteiger partial charge in [-0.1, -0.05) is 12.2 Å². The quantitative estimate of drug-likeness (QED) is 0.484. The van der Waals surface area contributed by atoms with Crippen LogP contribution < -0.4 is 0 Å². The first-order valence-electron chi connectivity index (χ1n) is 4.82. The lowest BCUT2D eigenvalue weighted by Crippen LogP contribution is -2.34. The van der Waals surface area contributed by atoms with E-state index in [-0.39, 0.29) is 11.4 Å². The minimum Gasteiger partial charge on any atom is -0.469 e. The number of carbonyl (C=O) groups excluding carboxylic acids is 1. The minimum absolute atomic E-state index is 0.0900. The van der Waals surface area contributed by atoms with Crippen LogP contribution in [0.25, 0.3) is 0 Å². The zero-order chi connectivity index (χ0) is 9.90. The largest absolute Gasteiger partial charge is 0.469 e. The Labute approximate surface area is 80.0 Å². The van der Waals surface area contributed by atoms with E-state index in [1.807, 2.05) is 13.8 Å². The molecule has 0 aliphatic heterocycles. The highest BCUT2D eigenvalue weighted by Crippen LogP contribution is 2.36. The van der Waals surface area contributed by atoms with E-state index in [1.165, 1.54) is 7.11 Å². The fourth-order valence-corrected chi connectivity index (χ4v) is 1.88. The van der Waals surface area contributed by atoms with Crippen molar-refractivity contribution < 1.29 is 9.53 Å². The van der Waals surface area contributed by atoms with Gasteiger partial charge in [-0.05, 0) is 39.0 Å². The summed E-state index contributed by atoms with van der Waals surface area (Å²) >= 11 is 0. The number of allylic oxidation sites excluding steroid dienone is 2. The Morgan fingerprint density at radius 3 is 2.62 bits per heavy atom. The molecule has 1 aliphatic rings. The predicted molar refractivity (Wildman–Crippen MR) is 52.3 cm³/mol. The molecule has 0 fully saturated rings. The lowest BCUT2D eigenvalue weighted by Gasteiger charge is -2.32. The normalized spacial score (nSPS) is 22.8. The molecule has 74 valence electrons. The van der Waals surface area contributed by atoms with E-state index >= 15 is 0 Å². The SMILES string of the molecule is COC(=O)C(C)(C)C1CC=CCC1. The van der Waals surface area contributed by atoms with Crippen LogP contribution in [-0.4, -0.2) is 13.1 Å². The Bertz CT molecular complexity index is 216. The van der Waals surface area contributed by atoms with Crippen LogP contribution >= 0.6 is 0 Å². The second-order valence-corrected chi connectivity index (χ2v) is 4.19. The van der Waals surface area contributed by atoms with Crippen molar-refractivity contribution in [2.45, 2.75) is 33.1 Å². The third-order valence-corrected chi connectivity index (χ3v) is 3.00. The van der Waals surface area contributed by atoms with E-state index in [0.29, 0.717) is 5.92 Å². The second kappa shape index (κ2) is 3.95. The van der Waals surface area contributed by atoms with Crippen LogP contribution in [0.15, 0.2) is 12.2 Å². The topological polar surface area (TPSA) is 26.3 Å². The average Bonchev–Trinajstić information content (AvgIpc) is 2.18. The Morgan fingerprint density at radius 2 is 2.15 bits per heavy atom. The van der Waals surface area contributed by atoms with Crippen molar-refractivity contribution >= 4 is 5.97 Å². The molecule has 0 spiro atoms. The van der Waals surface area contributed by atoms with Crippen LogP contribution in [0.3, 0.4) is 0 Å². The van der Waals surface area contributed by atoms with Gasteiger partial charge in [-0.25, -0.2) is 0 Å². The van der Waals surface area contributed by atoms with Gasteiger partial charge in [0.2, 0.25) is 0 Å². The van der Waals surface area contributed by atoms with Crippen LogP contribution in [0.5, 0.6) is 0 Å². The first-order valence-corrected chi connectivity index (χ1v) is 4.82. The molecule has 0 bridgehead atoms. The van der Waals surface area contributed by atoms with Gasteiger partial charge < -0.3 is 4.74 Å². The van der Waals surface area contributed by atoms with Gasteiger partial charge >= 0.3 is 5.97 Å². The molecule has 0 aromatic carbocycles. The second-order valence-electron chi connectivity index (χ2n) is 4.19. The van der Waals surface area contributed by atoms with Crippen molar-refractivity contribution in [3.63, 3.8) is 0 Å². The molecule has 0 aromatic heterocycles. The number of methoxy groups -OCH3 is 1. The van der Waals surface area contributed by atoms with Gasteiger partial charge in [0, 0.05) is 0 Å². The van der Waals surface area contributed by atoms with Gasteiger partial charge in [0.05, 0.1) is 12.5 Å². The highest BCUT2D eigenvalue weighted by atomic mass is 16.5. The number of hydrogen-bond donors (Lipinski definition) is 0. The zero-order valence-electron chi connectivity index (χ0n) is 8.67. The molecule has 2 heteroatoms. The lowest BCUT2D eigenvalue weighted by atomic mass is 9.73. The van der Waals surface area contributed by atoms with Gasteiger partial charge in [0.15, 0.2) is 0 Å². The summed E-state index contributed by atoms with van der Waals surface area (Å²) in [6.45, 7) is 3.95. The summed E-state index contributed by atoms with van der Waals surface area (Å²) in [6, 6.07) is 0. The van der Waals surface area contributed by atoms with Gasteiger partial charge in [-0.3, -0.25) is 4.79 Å². The lowest BCUT2D eigenvalue weighted by molar-refractivity contribution is -0.154. The standard InChI is InChI=1S/C11H18O2/c1-11(2,10(12)13-3)9-7-5-4-6-8-9/h4-5,9H,6-8H2,1-3H3. The average molecular weight is 182 g/mol. The van der Waals surface area contributed by atoms with Gasteiger partial charge in [0.1, 0.15) is 0 Å². The molecule has 13 heavy (non-hydrogen) atoms. The van der Waals surface area contributed by atoms with Crippen molar-refractivity contribution in [1.29, 1.82) is 0 Å². The summed E-state index contributed by atoms with van der Waals surface area (Å²) in [4.78, 5) is 11.5. The fraction of sp³-hybridized carbons (Fsp3) is 0.727. The summed E-state index contributed by atoms with van der Waals surface area (Å²) in [7, 11) is 1.46. The molecule has 2 nitrogen and oxygen atoms in total. The Kier molecular flexibility index (Phi) is 3.12. The molecule has 0 radical (unpaired) electrons. The first kappa shape index (κ1) is 10.3. The van der Waals surface area contributed by atoms with Gasteiger partial charge in [-0.15, -0.1) is 0 Å². The molecule has 0 aromatic rings. The minimum atomic E-state index is -0.334. The number of ether oxygens (including phenoxy) is 1. The Balaban J connectivity index is 2.67. The summed E-state index contributed by atoms with van der Waals surface area (Å²) < 4.78 is 4.81. The van der Waals surface area contributed by atoms with Crippen LogP contribution in [0.1, 0.15) is 33.1 Å². The molecule has 1 aliphatic carbocycles. The summed E-state index contributed by atoms with van der Waals surface area (Å²) in [5, 5.41) is 0. The number of carbonyl (C=O) groups is 1. The molecular weight excluding hydrogens is 164 g/mol. The molecule has 1 unspecified atom stereocenters. The monoisotopic (exact) mass is 182 g/mol. The summed E-state index contributed by atoms with van der Waals surface area (Å²) in [5.41, 5.74) is -0.334. The van der Waals surface area contributed by atoms with E-state index in [4.69, 9.17) is 4.74 Å². The van der Waals surface area contributed by atoms with Crippen molar-refractivity contribution in [3.05, 3.63) is 12.2 Å². The smallest absolute Gasteiger partial charge is 0.311 e. The first-order chi connectivity index (χ1) is 6.09. The molecule has 0 saturated heterocycles. The number of rotatable bonds is 2. The van der Waals surface area contributed by atoms with E-state index in [0.717, 1.165) is 19.3 Å². The third kappa shape index (κ3) is 2.11. The maximum absolute atomic E-state index is 11.5. The molecule has 0 amide bonds. The zero-order valence-corrected chi connectivity index (χ0v) is 8.67. The van der Waals surface area contributed by atoms with Crippen molar-refractivity contribution in [2.75, 3.05) is 7.11 Å². The number of esters is 1. The maximum Gasteiger partial charge on any atom is 0.311 e. The Morgan fingerprint density at radius 1 is 1.46 bits per heavy atom. The van der Waals surface area contributed by atoms with E-state index < -0.39 is 0 Å². The fourth-order valence-electron chi connectivity index (χ4n) is 1.88. The van der Waals surface area contributed by atoms with Crippen LogP contribution in [0.4, 0.5) is 0 Å². The Hall–Kier alpha value is -0.790. The number of hydrogen-bond acceptors (Lipinski definition) is 2.